The molecule has 2 rings (SSSR count). The van der Waals surface area contributed by atoms with E-state index < -0.39 is 11.9 Å². The molecule has 0 amide bonds. The first kappa shape index (κ1) is 17.9. The molecule has 1 unspecified atom stereocenters. The van der Waals surface area contributed by atoms with Gasteiger partial charge in [-0.1, -0.05) is 22.9 Å². The minimum atomic E-state index is -0.783. The summed E-state index contributed by atoms with van der Waals surface area (Å²) in [5.74, 6) is -0.403. The van der Waals surface area contributed by atoms with Gasteiger partial charge in [0.15, 0.2) is 0 Å². The molecule has 7 heteroatoms. The van der Waals surface area contributed by atoms with Gasteiger partial charge in [0.25, 0.3) is 0 Å². The molecular formula is C16H19BrN2O3S. The van der Waals surface area contributed by atoms with Crippen LogP contribution in [0, 0.1) is 5.92 Å². The van der Waals surface area contributed by atoms with Crippen molar-refractivity contribution >= 4 is 33.2 Å². The maximum absolute atomic E-state index is 10.9. The van der Waals surface area contributed by atoms with E-state index in [1.54, 1.807) is 25.4 Å². The lowest BCUT2D eigenvalue weighted by atomic mass is 10.2. The number of nitrogens with zero attached hydrogens (tertiary/aromatic N) is 2. The van der Waals surface area contributed by atoms with Crippen LogP contribution >= 0.6 is 27.3 Å². The van der Waals surface area contributed by atoms with Gasteiger partial charge in [0, 0.05) is 22.9 Å². The van der Waals surface area contributed by atoms with Crippen LogP contribution in [0.3, 0.4) is 0 Å². The molecule has 2 aromatic rings. The van der Waals surface area contributed by atoms with Gasteiger partial charge in [0.2, 0.25) is 0 Å². The van der Waals surface area contributed by atoms with Crippen molar-refractivity contribution in [1.82, 2.24) is 9.88 Å². The fourth-order valence-corrected chi connectivity index (χ4v) is 3.43. The molecule has 5 nitrogen and oxygen atoms in total. The summed E-state index contributed by atoms with van der Waals surface area (Å²) in [7, 11) is 3.54. The zero-order valence-corrected chi connectivity index (χ0v) is 15.6. The number of halogens is 1. The zero-order valence-electron chi connectivity index (χ0n) is 13.2. The number of aliphatic carboxylic acids is 1. The number of benzene rings is 1. The Hall–Kier alpha value is -1.44. The lowest BCUT2D eigenvalue weighted by molar-refractivity contribution is -0.141. The molecule has 0 bridgehead atoms. The number of rotatable bonds is 7. The van der Waals surface area contributed by atoms with Crippen molar-refractivity contribution in [2.75, 3.05) is 20.7 Å². The van der Waals surface area contributed by atoms with E-state index in [4.69, 9.17) is 9.84 Å². The summed E-state index contributed by atoms with van der Waals surface area (Å²) < 4.78 is 6.36. The molecule has 1 aromatic heterocycles. The van der Waals surface area contributed by atoms with Crippen molar-refractivity contribution < 1.29 is 14.6 Å². The first-order valence-electron chi connectivity index (χ1n) is 7.10. The van der Waals surface area contributed by atoms with Gasteiger partial charge < -0.3 is 9.84 Å². The second-order valence-electron chi connectivity index (χ2n) is 5.42. The van der Waals surface area contributed by atoms with Gasteiger partial charge in [-0.25, -0.2) is 4.98 Å². The summed E-state index contributed by atoms with van der Waals surface area (Å²) in [6, 6.07) is 5.82. The average molecular weight is 399 g/mol. The quantitative estimate of drug-likeness (QED) is 0.769. The number of carboxylic acids is 1. The third-order valence-corrected chi connectivity index (χ3v) is 4.80. The van der Waals surface area contributed by atoms with Crippen LogP contribution in [-0.2, 0) is 11.3 Å². The molecule has 23 heavy (non-hydrogen) atoms. The minimum absolute atomic E-state index is 0.400. The van der Waals surface area contributed by atoms with Crippen LogP contribution in [0.1, 0.15) is 12.6 Å². The van der Waals surface area contributed by atoms with E-state index in [1.807, 2.05) is 35.5 Å². The fraction of sp³-hybridized carbons (Fsp3) is 0.375. The number of hydrogen-bond donors (Lipinski definition) is 1. The Balaban J connectivity index is 2.12. The van der Waals surface area contributed by atoms with Crippen LogP contribution in [-0.4, -0.2) is 41.7 Å². The molecule has 0 fully saturated rings. The molecular weight excluding hydrogens is 380 g/mol. The van der Waals surface area contributed by atoms with E-state index in [9.17, 15) is 4.79 Å². The van der Waals surface area contributed by atoms with E-state index in [0.29, 0.717) is 13.1 Å². The Labute approximate surface area is 148 Å². The number of ether oxygens (including phenoxy) is 1. The Morgan fingerprint density at radius 1 is 1.52 bits per heavy atom. The van der Waals surface area contributed by atoms with Crippen molar-refractivity contribution in [3.05, 3.63) is 33.7 Å². The standard InChI is InChI=1S/C16H19BrN2O3S/c1-10(16(20)21)7-19(2)8-12-9-23-15(18-12)13-6-11(17)4-5-14(13)22-3/h4-6,9-10H,7-8H2,1-3H3,(H,20,21). The third-order valence-electron chi connectivity index (χ3n) is 3.38. The number of thiazole rings is 1. The summed E-state index contributed by atoms with van der Waals surface area (Å²) in [5.41, 5.74) is 1.87. The molecule has 0 spiro atoms. The summed E-state index contributed by atoms with van der Waals surface area (Å²) >= 11 is 5.02. The van der Waals surface area contributed by atoms with Gasteiger partial charge in [-0.2, -0.15) is 0 Å². The molecule has 1 heterocycles. The highest BCUT2D eigenvalue weighted by Crippen LogP contribution is 2.34. The van der Waals surface area contributed by atoms with Crippen molar-refractivity contribution in [1.29, 1.82) is 0 Å². The lowest BCUT2D eigenvalue weighted by Crippen LogP contribution is -2.28. The van der Waals surface area contributed by atoms with Crippen molar-refractivity contribution in [2.24, 2.45) is 5.92 Å². The molecule has 0 radical (unpaired) electrons. The topological polar surface area (TPSA) is 62.7 Å². The summed E-state index contributed by atoms with van der Waals surface area (Å²) in [6.45, 7) is 2.81. The Morgan fingerprint density at radius 2 is 2.26 bits per heavy atom. The molecule has 1 atom stereocenters. The number of hydrogen-bond acceptors (Lipinski definition) is 5. The zero-order chi connectivity index (χ0) is 17.0. The van der Waals surface area contributed by atoms with Gasteiger partial charge in [0.05, 0.1) is 24.3 Å². The smallest absolute Gasteiger partial charge is 0.307 e. The molecule has 0 saturated carbocycles. The highest BCUT2D eigenvalue weighted by molar-refractivity contribution is 9.10. The van der Waals surface area contributed by atoms with Crippen molar-refractivity contribution in [3.63, 3.8) is 0 Å². The molecule has 0 aliphatic heterocycles. The number of aromatic nitrogens is 1. The summed E-state index contributed by atoms with van der Waals surface area (Å²) in [5, 5.41) is 11.9. The SMILES string of the molecule is COc1ccc(Br)cc1-c1nc(CN(C)CC(C)C(=O)O)cs1. The Kier molecular flexibility index (Phi) is 6.15. The van der Waals surface area contributed by atoms with Gasteiger partial charge in [-0.3, -0.25) is 9.69 Å². The van der Waals surface area contributed by atoms with Crippen LogP contribution in [0.2, 0.25) is 0 Å². The van der Waals surface area contributed by atoms with Crippen molar-refractivity contribution in [2.45, 2.75) is 13.5 Å². The van der Waals surface area contributed by atoms with Gasteiger partial charge in [-0.15, -0.1) is 11.3 Å². The first-order chi connectivity index (χ1) is 10.9. The predicted molar refractivity (Wildman–Crippen MR) is 94.9 cm³/mol. The molecule has 0 aliphatic rings. The predicted octanol–water partition coefficient (Wildman–Crippen LogP) is 3.73. The Morgan fingerprint density at radius 3 is 2.91 bits per heavy atom. The largest absolute Gasteiger partial charge is 0.496 e. The lowest BCUT2D eigenvalue weighted by Gasteiger charge is -2.17. The van der Waals surface area contributed by atoms with E-state index in [-0.39, 0.29) is 0 Å². The van der Waals surface area contributed by atoms with Gasteiger partial charge in [-0.05, 0) is 25.2 Å². The van der Waals surface area contributed by atoms with E-state index in [0.717, 1.165) is 26.5 Å². The molecule has 0 saturated heterocycles. The highest BCUT2D eigenvalue weighted by Gasteiger charge is 2.16. The third kappa shape index (κ3) is 4.76. The molecule has 0 aliphatic carbocycles. The molecule has 1 N–H and O–H groups in total. The first-order valence-corrected chi connectivity index (χ1v) is 8.77. The Bertz CT molecular complexity index is 690. The van der Waals surface area contributed by atoms with E-state index >= 15 is 0 Å². The maximum atomic E-state index is 10.9. The van der Waals surface area contributed by atoms with Crippen LogP contribution < -0.4 is 4.74 Å². The average Bonchev–Trinajstić information content (AvgIpc) is 2.95. The van der Waals surface area contributed by atoms with E-state index in [2.05, 4.69) is 20.9 Å². The second kappa shape index (κ2) is 7.90. The molecule has 1 aromatic carbocycles. The minimum Gasteiger partial charge on any atom is -0.496 e. The number of carbonyl (C=O) groups is 1. The normalized spacial score (nSPS) is 12.4. The van der Waals surface area contributed by atoms with Crippen LogP contribution in [0.25, 0.3) is 10.6 Å². The molecule has 124 valence electrons. The van der Waals surface area contributed by atoms with Gasteiger partial charge in [0.1, 0.15) is 10.8 Å². The van der Waals surface area contributed by atoms with Crippen LogP contribution in [0.15, 0.2) is 28.1 Å². The monoisotopic (exact) mass is 398 g/mol. The second-order valence-corrected chi connectivity index (χ2v) is 7.20. The van der Waals surface area contributed by atoms with Crippen molar-refractivity contribution in [3.8, 4) is 16.3 Å². The highest BCUT2D eigenvalue weighted by atomic mass is 79.9. The summed E-state index contributed by atoms with van der Waals surface area (Å²) in [6.07, 6.45) is 0. The number of methoxy groups -OCH3 is 1. The fourth-order valence-electron chi connectivity index (χ4n) is 2.24. The maximum Gasteiger partial charge on any atom is 0.307 e. The van der Waals surface area contributed by atoms with E-state index in [1.165, 1.54) is 0 Å². The van der Waals surface area contributed by atoms with Crippen LogP contribution in [0.5, 0.6) is 5.75 Å². The number of carboxylic acid groups (broad SMARTS) is 1. The summed E-state index contributed by atoms with van der Waals surface area (Å²) in [4.78, 5) is 17.5. The van der Waals surface area contributed by atoms with Crippen LogP contribution in [0.4, 0.5) is 0 Å². The van der Waals surface area contributed by atoms with Gasteiger partial charge >= 0.3 is 5.97 Å².